The lowest BCUT2D eigenvalue weighted by Crippen LogP contribution is -2.32. The fraction of sp³-hybridized carbons (Fsp3) is 0.0777. The molecule has 1 aliphatic heterocycles. The number of rotatable bonds is 19. The van der Waals surface area contributed by atoms with E-state index in [0.717, 1.165) is 129 Å². The molecule has 0 spiro atoms. The quantitative estimate of drug-likeness (QED) is 0.00853. The van der Waals surface area contributed by atoms with Crippen molar-refractivity contribution in [1.29, 1.82) is 5.41 Å². The molecule has 26 nitrogen and oxygen atoms in total. The van der Waals surface area contributed by atoms with Crippen molar-refractivity contribution in [3.05, 3.63) is 421 Å². The number of nitrogens with two attached hydrogens (primary N) is 1. The first kappa shape index (κ1) is 95.8. The first-order chi connectivity index (χ1) is 65.4. The highest BCUT2D eigenvalue weighted by Crippen LogP contribution is 2.61. The number of aromatic nitrogens is 17. The number of piperidine rings is 1. The van der Waals surface area contributed by atoms with Gasteiger partial charge in [-0.1, -0.05) is 248 Å². The zero-order chi connectivity index (χ0) is 93.6. The zero-order valence-corrected chi connectivity index (χ0v) is 76.0. The maximum Gasteiger partial charge on any atom is 0.339 e. The summed E-state index contributed by atoms with van der Waals surface area (Å²) in [7, 11) is 2.85. The van der Waals surface area contributed by atoms with Crippen LogP contribution in [0, 0.1) is 5.41 Å². The topological polar surface area (TPSA) is 365 Å². The highest BCUT2D eigenvalue weighted by atomic mass is 36.0. The predicted molar refractivity (Wildman–Crippen MR) is 528 cm³/mol. The van der Waals surface area contributed by atoms with Gasteiger partial charge in [-0.3, -0.25) is 59.5 Å². The maximum atomic E-state index is 12.1. The molecule has 1 saturated heterocycles. The van der Waals surface area contributed by atoms with E-state index in [1.165, 1.54) is 25.9 Å². The van der Waals surface area contributed by atoms with E-state index >= 15 is 0 Å². The molecule has 0 unspecified atom stereocenters. The predicted octanol–water partition coefficient (Wildman–Crippen LogP) is 22.5. The number of nitrogens with zero attached hydrogens (tertiary/aromatic N) is 16. The van der Waals surface area contributed by atoms with E-state index < -0.39 is 11.2 Å². The highest BCUT2D eigenvalue weighted by molar-refractivity contribution is 8.24. The van der Waals surface area contributed by atoms with Gasteiger partial charge >= 0.3 is 11.2 Å². The first-order valence-electron chi connectivity index (χ1n) is 41.7. The van der Waals surface area contributed by atoms with Crippen molar-refractivity contribution in [3.8, 4) is 125 Å². The molecule has 666 valence electrons. The summed E-state index contributed by atoms with van der Waals surface area (Å²) in [5.41, 5.74) is 22.9. The molecule has 11 aromatic heterocycles. The number of halogens is 4. The van der Waals surface area contributed by atoms with Gasteiger partial charge in [0.25, 0.3) is 5.56 Å². The maximum absolute atomic E-state index is 12.1. The molecule has 31 heteroatoms. The summed E-state index contributed by atoms with van der Waals surface area (Å²) >= 11 is 20.1. The third-order valence-corrected chi connectivity index (χ3v) is 20.3. The Morgan fingerprint density at radius 1 is 0.448 bits per heavy atom. The molecule has 12 heterocycles. The lowest BCUT2D eigenvalue weighted by atomic mass is 9.95. The Morgan fingerprint density at radius 3 is 1.23 bits per heavy atom. The second-order valence-corrected chi connectivity index (χ2v) is 36.0. The monoisotopic (exact) mass is 1870 g/mol. The van der Waals surface area contributed by atoms with Crippen LogP contribution in [0.15, 0.2) is 382 Å². The van der Waals surface area contributed by atoms with E-state index in [2.05, 4.69) is 150 Å². The third kappa shape index (κ3) is 28.4. The van der Waals surface area contributed by atoms with Crippen LogP contribution >= 0.6 is 50.5 Å². The summed E-state index contributed by atoms with van der Waals surface area (Å²) in [6.45, 7) is 2.95. The average Bonchev–Trinajstić information content (AvgIpc) is 0.832. The van der Waals surface area contributed by atoms with Gasteiger partial charge < -0.3 is 20.2 Å². The number of likely N-dealkylation sites (tertiary alicyclic amines) is 1. The van der Waals surface area contributed by atoms with Gasteiger partial charge in [0.15, 0.2) is 29.1 Å². The molecular weight excluding hydrogens is 1790 g/mol. The molecule has 18 aromatic rings. The van der Waals surface area contributed by atoms with E-state index in [0.29, 0.717) is 74.2 Å². The summed E-state index contributed by atoms with van der Waals surface area (Å²) in [5, 5.41) is 11.7. The smallest absolute Gasteiger partial charge is 0.339 e. The first-order valence-corrected chi connectivity index (χ1v) is 46.5. The Morgan fingerprint density at radius 2 is 0.836 bits per heavy atom. The summed E-state index contributed by atoms with van der Waals surface area (Å²) in [6, 6.07) is 98.7. The zero-order valence-electron chi connectivity index (χ0n) is 72.1. The van der Waals surface area contributed by atoms with Crippen molar-refractivity contribution in [2.24, 2.45) is 5.73 Å². The average molecular weight is 1870 g/mol. The second-order valence-electron chi connectivity index (χ2n) is 29.0. The van der Waals surface area contributed by atoms with Crippen LogP contribution in [0.3, 0.4) is 0 Å². The fourth-order valence-electron chi connectivity index (χ4n) is 13.5. The van der Waals surface area contributed by atoms with Crippen molar-refractivity contribution in [3.63, 3.8) is 0 Å². The number of amidine groups is 1. The third-order valence-electron chi connectivity index (χ3n) is 20.0. The molecule has 0 bridgehead atoms. The number of benzene rings is 7. The summed E-state index contributed by atoms with van der Waals surface area (Å²) in [6.07, 6.45) is 21.5. The Labute approximate surface area is 792 Å². The van der Waals surface area contributed by atoms with Crippen molar-refractivity contribution in [2.45, 2.75) is 25.3 Å². The van der Waals surface area contributed by atoms with Gasteiger partial charge in [0.1, 0.15) is 63.0 Å². The molecule has 0 aliphatic carbocycles. The Kier molecular flexibility index (Phi) is 35.2. The van der Waals surface area contributed by atoms with E-state index in [1.54, 1.807) is 86.0 Å². The number of pyridine rings is 6. The summed E-state index contributed by atoms with van der Waals surface area (Å²) in [4.78, 5) is 101. The van der Waals surface area contributed by atoms with Gasteiger partial charge in [-0.15, -0.1) is 0 Å². The molecular formula is C103H85Cl4N20O6P. The molecule has 1 aliphatic rings. The minimum absolute atomic E-state index is 0.00981. The summed E-state index contributed by atoms with van der Waals surface area (Å²) in [5.74, 6) is 4.30. The molecule has 19 rings (SSSR count). The van der Waals surface area contributed by atoms with Gasteiger partial charge in [-0.05, 0) is 160 Å². The van der Waals surface area contributed by atoms with E-state index in [-0.39, 0.29) is 11.4 Å². The lowest BCUT2D eigenvalue weighted by Gasteiger charge is -2.31. The van der Waals surface area contributed by atoms with E-state index in [1.807, 2.05) is 249 Å². The van der Waals surface area contributed by atoms with Gasteiger partial charge in [0, 0.05) is 113 Å². The van der Waals surface area contributed by atoms with Crippen molar-refractivity contribution in [2.75, 3.05) is 27.3 Å². The molecule has 1 fully saturated rings. The number of nitrogens with one attached hydrogen (secondary N) is 3. The van der Waals surface area contributed by atoms with Gasteiger partial charge in [-0.25, -0.2) is 44.7 Å². The number of carbonyl (C=O) groups is 2. The lowest BCUT2D eigenvalue weighted by molar-refractivity contribution is -0.134. The number of nitrogen functional groups attached to an aromatic ring is 1. The van der Waals surface area contributed by atoms with E-state index in [4.69, 9.17) is 42.4 Å². The molecule has 0 amide bonds. The molecule has 7 aromatic carbocycles. The minimum atomic E-state index is -3.22. The van der Waals surface area contributed by atoms with Gasteiger partial charge in [0.2, 0.25) is 0 Å². The van der Waals surface area contributed by atoms with Crippen molar-refractivity contribution in [1.82, 2.24) is 89.9 Å². The van der Waals surface area contributed by atoms with Crippen LogP contribution in [0.4, 0.5) is 0 Å². The molecule has 134 heavy (non-hydrogen) atoms. The fourth-order valence-corrected chi connectivity index (χ4v) is 13.7. The molecule has 5 N–H and O–H groups in total. The van der Waals surface area contributed by atoms with Crippen LogP contribution in [0.2, 0.25) is 5.15 Å². The van der Waals surface area contributed by atoms with Gasteiger partial charge in [-0.2, -0.15) is 5.10 Å². The Hall–Kier alpha value is -15.8. The normalized spacial score (nSPS) is 11.6. The van der Waals surface area contributed by atoms with Crippen molar-refractivity contribution < 1.29 is 23.6 Å². The second kappa shape index (κ2) is 49.3. The number of H-pyrrole nitrogens is 2. The number of hydrogen-bond acceptors (Lipinski definition) is 23. The molecule has 0 radical (unpaired) electrons. The summed E-state index contributed by atoms with van der Waals surface area (Å²) < 4.78 is 19.1. The minimum Gasteiger partial charge on any atom is -0.496 e. The Balaban J connectivity index is 0.000000143. The number of esters is 1. The standard InChI is InChI=1S/C34H30N8.C22H15N3O.C15H10ClN3.C15H11N3O.C11H12O3.C6H7N3.Cl3OP/c1-2-8-25(9-3-1)28-22-37-33(29-10-4-6-18-35-29)38-31(28)26-14-12-24(13-15-26)23-42-20-16-27(17-21-42)32-39-34(41-40-32)30-11-5-7-19-36-30;26-15-16-9-11-18(12-10-16)21-19(17-6-2-1-3-7-17)14-24-22(25-21)20-8-4-5-13-23-20;16-14-12(11-6-2-1-3-7-11)10-18-15(19-14)13-8-4-5-9-17-13;19-15-12(11-6-2-1-3-7-11)10-17-14(18-15)13-8-4-5-9-16-13;1-13-10(8-11(12)14-2)9-6-4-3-5-7-9;7-6(8)5-3-1-2-4-9-5;1-5(2,3)4/h1-15,18-19,22,27H,16-17,20-21,23H2,(H,39,40,41);1-15H;1-10H;1-10H,(H,17,18,19);3-8H,1-2H3;1-4H,(H3,7,8);/b;;;;10-8-;;. The Bertz CT molecular complexity index is 6910. The molecule has 0 saturated carbocycles. The van der Waals surface area contributed by atoms with Crippen LogP contribution in [-0.4, -0.2) is 135 Å². The SMILES string of the molecule is COC(=O)/C=C(\OC)c1ccccc1.Clc1nc(-c2ccccn2)ncc1-c1ccccc1.N=C(N)c1ccccn1.O=Cc1ccc(-c2nc(-c3ccccn3)ncc2-c2ccccc2)cc1.O=P(Cl)(Cl)Cl.O=c1[nH]c(-c2ccccn2)ncc1-c1ccccc1.c1ccc(-c2cnc(-c3ccccn3)nc2-c2ccc(CN3CCC(c4nc(-c5ccccn5)n[nH]4)CC3)cc2)cc1. The number of hydrogen-bond donors (Lipinski definition) is 4. The number of carbonyl (C=O) groups excluding carboxylic acids is 2. The van der Waals surface area contributed by atoms with Crippen LogP contribution in [0.5, 0.6) is 0 Å². The van der Waals surface area contributed by atoms with Crippen molar-refractivity contribution >= 4 is 74.4 Å². The largest absolute Gasteiger partial charge is 0.496 e. The van der Waals surface area contributed by atoms with E-state index in [9.17, 15) is 18.9 Å². The highest BCUT2D eigenvalue weighted by Gasteiger charge is 2.25. The molecule has 0 atom stereocenters. The number of methoxy groups -OCH3 is 2. The van der Waals surface area contributed by atoms with Crippen LogP contribution in [-0.2, 0) is 25.4 Å². The van der Waals surface area contributed by atoms with Crippen LogP contribution in [0.1, 0.15) is 51.8 Å². The van der Waals surface area contributed by atoms with Gasteiger partial charge in [0.05, 0.1) is 37.2 Å². The number of ether oxygens (including phenoxy) is 2. The number of aldehydes is 1. The van der Waals surface area contributed by atoms with Crippen LogP contribution in [0.25, 0.3) is 130 Å². The number of aromatic amines is 2. The van der Waals surface area contributed by atoms with Crippen LogP contribution < -0.4 is 11.3 Å².